The van der Waals surface area contributed by atoms with Crippen LogP contribution in [0.4, 0.5) is 4.79 Å². The summed E-state index contributed by atoms with van der Waals surface area (Å²) in [7, 11) is 3.42. The molecule has 144 valence electrons. The smallest absolute Gasteiger partial charge is 0.407 e. The van der Waals surface area contributed by atoms with Gasteiger partial charge in [0, 0.05) is 20.1 Å². The van der Waals surface area contributed by atoms with Crippen LogP contribution in [0, 0.1) is 5.92 Å². The van der Waals surface area contributed by atoms with Gasteiger partial charge < -0.3 is 25.4 Å². The highest BCUT2D eigenvalue weighted by atomic mass is 16.5. The molecule has 0 radical (unpaired) electrons. The van der Waals surface area contributed by atoms with E-state index in [-0.39, 0.29) is 12.1 Å². The first-order chi connectivity index (χ1) is 12.7. The number of guanidine groups is 1. The third kappa shape index (κ3) is 6.46. The number of methoxy groups -OCH3 is 1. The maximum Gasteiger partial charge on any atom is 0.407 e. The quantitative estimate of drug-likeness (QED) is 0.462. The van der Waals surface area contributed by atoms with Crippen LogP contribution in [-0.2, 0) is 11.2 Å². The second-order valence-corrected chi connectivity index (χ2v) is 6.25. The fourth-order valence-corrected chi connectivity index (χ4v) is 2.81. The molecule has 2 rings (SSSR count). The lowest BCUT2D eigenvalue weighted by atomic mass is 10.1. The minimum Gasteiger partial charge on any atom is -0.496 e. The van der Waals surface area contributed by atoms with Gasteiger partial charge in [0.05, 0.1) is 19.8 Å². The minimum absolute atomic E-state index is 0.0572. The summed E-state index contributed by atoms with van der Waals surface area (Å²) in [6, 6.07) is 8.05. The van der Waals surface area contributed by atoms with Crippen molar-refractivity contribution in [1.82, 2.24) is 16.0 Å². The topological polar surface area (TPSA) is 84.0 Å². The zero-order valence-corrected chi connectivity index (χ0v) is 15.9. The number of carbonyl (C=O) groups excluding carboxylic acids is 1. The molecule has 1 saturated carbocycles. The molecule has 7 heteroatoms. The first kappa shape index (κ1) is 19.9. The zero-order valence-electron chi connectivity index (χ0n) is 15.9. The van der Waals surface area contributed by atoms with Crippen molar-refractivity contribution in [2.75, 3.05) is 33.9 Å². The lowest BCUT2D eigenvalue weighted by Gasteiger charge is -2.20. The van der Waals surface area contributed by atoms with E-state index >= 15 is 0 Å². The highest BCUT2D eigenvalue weighted by molar-refractivity contribution is 5.79. The SMILES string of the molecule is CCOC(=O)NC(CNC(=NC)NCCc1ccccc1OC)C1CC1. The Hall–Kier alpha value is -2.44. The number of carbonyl (C=O) groups is 1. The Kier molecular flexibility index (Phi) is 8.05. The lowest BCUT2D eigenvalue weighted by Crippen LogP contribution is -2.48. The molecular formula is C19H30N4O3. The maximum atomic E-state index is 11.7. The van der Waals surface area contributed by atoms with Crippen molar-refractivity contribution in [2.45, 2.75) is 32.2 Å². The number of nitrogens with zero attached hydrogens (tertiary/aromatic N) is 1. The van der Waals surface area contributed by atoms with Gasteiger partial charge in [0.1, 0.15) is 5.75 Å². The molecule has 0 bridgehead atoms. The molecule has 1 unspecified atom stereocenters. The molecule has 1 aliphatic carbocycles. The summed E-state index contributed by atoms with van der Waals surface area (Å²) in [6.07, 6.45) is 2.75. The average Bonchev–Trinajstić information content (AvgIpc) is 3.49. The van der Waals surface area contributed by atoms with Crippen LogP contribution in [-0.4, -0.2) is 51.9 Å². The van der Waals surface area contributed by atoms with Crippen molar-refractivity contribution < 1.29 is 14.3 Å². The molecule has 1 aliphatic rings. The molecule has 1 fully saturated rings. The van der Waals surface area contributed by atoms with Gasteiger partial charge in [-0.05, 0) is 43.7 Å². The number of amides is 1. The van der Waals surface area contributed by atoms with Crippen LogP contribution < -0.4 is 20.7 Å². The van der Waals surface area contributed by atoms with Gasteiger partial charge in [-0.3, -0.25) is 4.99 Å². The normalized spacial score (nSPS) is 15.1. The Morgan fingerprint density at radius 3 is 2.73 bits per heavy atom. The summed E-state index contributed by atoms with van der Waals surface area (Å²) in [5.74, 6) is 2.12. The van der Waals surface area contributed by atoms with Gasteiger partial charge in [-0.1, -0.05) is 18.2 Å². The number of alkyl carbamates (subject to hydrolysis) is 1. The van der Waals surface area contributed by atoms with Crippen molar-refractivity contribution in [3.05, 3.63) is 29.8 Å². The molecule has 0 saturated heterocycles. The number of aliphatic imine (C=N–C) groups is 1. The van der Waals surface area contributed by atoms with Crippen LogP contribution in [0.2, 0.25) is 0 Å². The van der Waals surface area contributed by atoms with Gasteiger partial charge in [-0.15, -0.1) is 0 Å². The van der Waals surface area contributed by atoms with Gasteiger partial charge in [0.25, 0.3) is 0 Å². The maximum absolute atomic E-state index is 11.7. The Morgan fingerprint density at radius 2 is 2.08 bits per heavy atom. The van der Waals surface area contributed by atoms with Gasteiger partial charge in [-0.25, -0.2) is 4.79 Å². The second-order valence-electron chi connectivity index (χ2n) is 6.25. The third-order valence-corrected chi connectivity index (χ3v) is 4.36. The number of hydrogen-bond acceptors (Lipinski definition) is 4. The van der Waals surface area contributed by atoms with Crippen LogP contribution in [0.3, 0.4) is 0 Å². The van der Waals surface area contributed by atoms with Crippen LogP contribution in [0.1, 0.15) is 25.3 Å². The third-order valence-electron chi connectivity index (χ3n) is 4.36. The van der Waals surface area contributed by atoms with E-state index in [9.17, 15) is 4.79 Å². The van der Waals surface area contributed by atoms with Gasteiger partial charge >= 0.3 is 6.09 Å². The van der Waals surface area contributed by atoms with E-state index < -0.39 is 0 Å². The molecule has 26 heavy (non-hydrogen) atoms. The van der Waals surface area contributed by atoms with Crippen LogP contribution in [0.15, 0.2) is 29.3 Å². The Bertz CT molecular complexity index is 602. The first-order valence-corrected chi connectivity index (χ1v) is 9.17. The van der Waals surface area contributed by atoms with Crippen LogP contribution in [0.25, 0.3) is 0 Å². The molecule has 1 aromatic rings. The van der Waals surface area contributed by atoms with E-state index in [1.165, 1.54) is 0 Å². The predicted octanol–water partition coefficient (Wildman–Crippen LogP) is 1.93. The molecule has 0 aromatic heterocycles. The number of para-hydroxylation sites is 1. The first-order valence-electron chi connectivity index (χ1n) is 9.17. The van der Waals surface area contributed by atoms with Crippen molar-refractivity contribution in [1.29, 1.82) is 0 Å². The summed E-state index contributed by atoms with van der Waals surface area (Å²) >= 11 is 0. The summed E-state index contributed by atoms with van der Waals surface area (Å²) in [6.45, 7) is 3.54. The molecule has 0 aliphatic heterocycles. The Labute approximate surface area is 155 Å². The molecule has 7 nitrogen and oxygen atoms in total. The largest absolute Gasteiger partial charge is 0.496 e. The van der Waals surface area contributed by atoms with Crippen molar-refractivity contribution >= 4 is 12.1 Å². The van der Waals surface area contributed by atoms with E-state index in [0.717, 1.165) is 43.1 Å². The monoisotopic (exact) mass is 362 g/mol. The molecule has 1 atom stereocenters. The van der Waals surface area contributed by atoms with Gasteiger partial charge in [0.15, 0.2) is 5.96 Å². The fourth-order valence-electron chi connectivity index (χ4n) is 2.81. The Morgan fingerprint density at radius 1 is 1.31 bits per heavy atom. The van der Waals surface area contributed by atoms with Crippen molar-refractivity contribution in [2.24, 2.45) is 10.9 Å². The number of benzene rings is 1. The molecule has 0 heterocycles. The molecule has 1 amide bonds. The highest BCUT2D eigenvalue weighted by Gasteiger charge is 2.32. The van der Waals surface area contributed by atoms with Gasteiger partial charge in [0.2, 0.25) is 0 Å². The van der Waals surface area contributed by atoms with Crippen LogP contribution in [0.5, 0.6) is 5.75 Å². The van der Waals surface area contributed by atoms with E-state index in [0.29, 0.717) is 19.1 Å². The van der Waals surface area contributed by atoms with E-state index in [1.54, 1.807) is 21.1 Å². The van der Waals surface area contributed by atoms with E-state index in [1.807, 2.05) is 18.2 Å². The van der Waals surface area contributed by atoms with Crippen molar-refractivity contribution in [3.8, 4) is 5.75 Å². The van der Waals surface area contributed by atoms with Crippen molar-refractivity contribution in [3.63, 3.8) is 0 Å². The highest BCUT2D eigenvalue weighted by Crippen LogP contribution is 2.32. The molecule has 1 aromatic carbocycles. The summed E-state index contributed by atoms with van der Waals surface area (Å²) in [4.78, 5) is 15.9. The predicted molar refractivity (Wildman–Crippen MR) is 103 cm³/mol. The van der Waals surface area contributed by atoms with Crippen LogP contribution >= 0.6 is 0 Å². The van der Waals surface area contributed by atoms with Gasteiger partial charge in [-0.2, -0.15) is 0 Å². The summed E-state index contributed by atoms with van der Waals surface area (Å²) in [5.41, 5.74) is 1.15. The number of hydrogen-bond donors (Lipinski definition) is 3. The summed E-state index contributed by atoms with van der Waals surface area (Å²) in [5, 5.41) is 9.53. The second kappa shape index (κ2) is 10.5. The number of nitrogens with one attached hydrogen (secondary N) is 3. The van der Waals surface area contributed by atoms with E-state index in [2.05, 4.69) is 27.0 Å². The minimum atomic E-state index is -0.356. The number of rotatable bonds is 9. The summed E-state index contributed by atoms with van der Waals surface area (Å²) < 4.78 is 10.4. The standard InChI is InChI=1S/C19H30N4O3/c1-4-26-19(24)23-16(14-9-10-14)13-22-18(20-2)21-12-11-15-7-5-6-8-17(15)25-3/h5-8,14,16H,4,9-13H2,1-3H3,(H,23,24)(H2,20,21,22). The number of ether oxygens (including phenoxy) is 2. The Balaban J connectivity index is 1.76. The fraction of sp³-hybridized carbons (Fsp3) is 0.579. The molecule has 0 spiro atoms. The lowest BCUT2D eigenvalue weighted by molar-refractivity contribution is 0.146. The van der Waals surface area contributed by atoms with E-state index in [4.69, 9.17) is 9.47 Å². The molecule has 3 N–H and O–H groups in total. The average molecular weight is 362 g/mol. The zero-order chi connectivity index (χ0) is 18.8. The molecular weight excluding hydrogens is 332 g/mol.